The molecule has 0 aromatic heterocycles. The van der Waals surface area contributed by atoms with Crippen molar-refractivity contribution < 1.29 is 17.6 Å². The molecule has 0 aliphatic carbocycles. The maximum atomic E-state index is 14.1. The van der Waals surface area contributed by atoms with Crippen molar-refractivity contribution in [3.63, 3.8) is 0 Å². The van der Waals surface area contributed by atoms with Gasteiger partial charge in [0, 0.05) is 13.6 Å². The van der Waals surface area contributed by atoms with Crippen LogP contribution in [0.3, 0.4) is 0 Å². The van der Waals surface area contributed by atoms with Gasteiger partial charge >= 0.3 is 0 Å². The molecule has 2 rings (SSSR count). The quantitative estimate of drug-likeness (QED) is 0.792. The molecule has 0 radical (unpaired) electrons. The van der Waals surface area contributed by atoms with Crippen molar-refractivity contribution >= 4 is 21.6 Å². The maximum Gasteiger partial charge on any atom is 0.246 e. The van der Waals surface area contributed by atoms with Crippen molar-refractivity contribution in [3.05, 3.63) is 66.0 Å². The van der Waals surface area contributed by atoms with Gasteiger partial charge in [-0.3, -0.25) is 9.10 Å². The van der Waals surface area contributed by atoms with Crippen LogP contribution in [-0.2, 0) is 21.4 Å². The number of likely N-dealkylation sites (N-methyl/N-ethyl adjacent to an activating group) is 1. The molecule has 0 heterocycles. The number of hydrogen-bond donors (Lipinski definition) is 0. The van der Waals surface area contributed by atoms with Gasteiger partial charge in [0.05, 0.1) is 11.9 Å². The zero-order chi connectivity index (χ0) is 18.6. The molecule has 1 unspecified atom stereocenters. The van der Waals surface area contributed by atoms with Gasteiger partial charge in [0.25, 0.3) is 0 Å². The smallest absolute Gasteiger partial charge is 0.246 e. The van der Waals surface area contributed by atoms with Crippen molar-refractivity contribution in [2.45, 2.75) is 19.5 Å². The number of amides is 1. The molecule has 0 spiro atoms. The van der Waals surface area contributed by atoms with Crippen LogP contribution in [0, 0.1) is 5.82 Å². The van der Waals surface area contributed by atoms with Crippen molar-refractivity contribution in [2.24, 2.45) is 0 Å². The first-order valence-corrected chi connectivity index (χ1v) is 9.59. The fraction of sp³-hybridized carbons (Fsp3) is 0.278. The summed E-state index contributed by atoms with van der Waals surface area (Å²) in [6.45, 7) is 1.79. The third-order valence-corrected chi connectivity index (χ3v) is 5.02. The molecule has 0 fully saturated rings. The molecule has 134 valence electrons. The summed E-state index contributed by atoms with van der Waals surface area (Å²) in [5.41, 5.74) is 0.779. The Kier molecular flexibility index (Phi) is 5.79. The second-order valence-corrected chi connectivity index (χ2v) is 7.73. The van der Waals surface area contributed by atoms with Crippen LogP contribution in [0.1, 0.15) is 12.5 Å². The van der Waals surface area contributed by atoms with Crippen molar-refractivity contribution in [3.8, 4) is 0 Å². The third kappa shape index (κ3) is 4.57. The van der Waals surface area contributed by atoms with Gasteiger partial charge in [-0.2, -0.15) is 0 Å². The summed E-state index contributed by atoms with van der Waals surface area (Å²) in [6.07, 6.45) is 0.959. The Morgan fingerprint density at radius 2 is 1.64 bits per heavy atom. The molecular formula is C18H21FN2O3S. The van der Waals surface area contributed by atoms with Crippen LogP contribution in [0.25, 0.3) is 0 Å². The highest BCUT2D eigenvalue weighted by Gasteiger charge is 2.32. The number of sulfonamides is 1. The Labute approximate surface area is 147 Å². The highest BCUT2D eigenvalue weighted by Crippen LogP contribution is 2.24. The predicted molar refractivity (Wildman–Crippen MR) is 96.1 cm³/mol. The molecule has 0 N–H and O–H groups in total. The van der Waals surface area contributed by atoms with Crippen LogP contribution in [0.5, 0.6) is 0 Å². The molecule has 0 aliphatic rings. The van der Waals surface area contributed by atoms with E-state index in [-0.39, 0.29) is 5.69 Å². The minimum Gasteiger partial charge on any atom is -0.340 e. The summed E-state index contributed by atoms with van der Waals surface area (Å²) in [7, 11) is -2.25. The number of carbonyl (C=O) groups is 1. The molecule has 2 aromatic rings. The van der Waals surface area contributed by atoms with Crippen LogP contribution < -0.4 is 4.31 Å². The largest absolute Gasteiger partial charge is 0.340 e. The fourth-order valence-electron chi connectivity index (χ4n) is 2.66. The minimum atomic E-state index is -3.85. The van der Waals surface area contributed by atoms with Crippen molar-refractivity contribution in [1.82, 2.24) is 4.90 Å². The van der Waals surface area contributed by atoms with E-state index in [4.69, 9.17) is 0 Å². The summed E-state index contributed by atoms with van der Waals surface area (Å²) >= 11 is 0. The number of carbonyl (C=O) groups excluding carboxylic acids is 1. The molecule has 1 amide bonds. The lowest BCUT2D eigenvalue weighted by Gasteiger charge is -2.31. The maximum absolute atomic E-state index is 14.1. The van der Waals surface area contributed by atoms with Crippen LogP contribution >= 0.6 is 0 Å². The predicted octanol–water partition coefficient (Wildman–Crippen LogP) is 2.64. The molecular weight excluding hydrogens is 343 g/mol. The SMILES string of the molecule is CC(C(=O)N(C)Cc1ccccc1)N(c1ccccc1F)S(C)(=O)=O. The number of halogens is 1. The van der Waals surface area contributed by atoms with Gasteiger partial charge in [-0.15, -0.1) is 0 Å². The zero-order valence-corrected chi connectivity index (χ0v) is 15.2. The second-order valence-electron chi connectivity index (χ2n) is 5.87. The van der Waals surface area contributed by atoms with E-state index in [9.17, 15) is 17.6 Å². The van der Waals surface area contributed by atoms with Gasteiger partial charge < -0.3 is 4.90 Å². The summed E-state index contributed by atoms with van der Waals surface area (Å²) in [4.78, 5) is 14.1. The lowest BCUT2D eigenvalue weighted by Crippen LogP contribution is -2.48. The van der Waals surface area contributed by atoms with Gasteiger partial charge in [-0.05, 0) is 24.6 Å². The van der Waals surface area contributed by atoms with Crippen molar-refractivity contribution in [1.29, 1.82) is 0 Å². The highest BCUT2D eigenvalue weighted by molar-refractivity contribution is 7.92. The number of hydrogen-bond acceptors (Lipinski definition) is 3. The average molecular weight is 364 g/mol. The lowest BCUT2D eigenvalue weighted by molar-refractivity contribution is -0.131. The molecule has 0 saturated carbocycles. The van der Waals surface area contributed by atoms with E-state index in [0.717, 1.165) is 16.1 Å². The summed E-state index contributed by atoms with van der Waals surface area (Å²) < 4.78 is 39.3. The Balaban J connectivity index is 2.29. The highest BCUT2D eigenvalue weighted by atomic mass is 32.2. The first-order chi connectivity index (χ1) is 11.7. The third-order valence-electron chi connectivity index (χ3n) is 3.80. The van der Waals surface area contributed by atoms with Gasteiger partial charge in [0.2, 0.25) is 15.9 Å². The second kappa shape index (κ2) is 7.65. The zero-order valence-electron chi connectivity index (χ0n) is 14.4. The number of para-hydroxylation sites is 1. The monoisotopic (exact) mass is 364 g/mol. The molecule has 2 aromatic carbocycles. The topological polar surface area (TPSA) is 57.7 Å². The Morgan fingerprint density at radius 3 is 2.20 bits per heavy atom. The summed E-state index contributed by atoms with van der Waals surface area (Å²) in [5, 5.41) is 0. The van der Waals surface area contributed by atoms with E-state index in [0.29, 0.717) is 6.54 Å². The fourth-order valence-corrected chi connectivity index (χ4v) is 3.83. The Bertz CT molecular complexity index is 840. The van der Waals surface area contributed by atoms with Crippen LogP contribution in [0.2, 0.25) is 0 Å². The molecule has 5 nitrogen and oxygen atoms in total. The Morgan fingerprint density at radius 1 is 1.08 bits per heavy atom. The number of nitrogens with zero attached hydrogens (tertiary/aromatic N) is 2. The summed E-state index contributed by atoms with van der Waals surface area (Å²) in [6, 6.07) is 13.8. The standard InChI is InChI=1S/C18H21FN2O3S/c1-14(18(22)20(2)13-15-9-5-4-6-10-15)21(25(3,23)24)17-12-8-7-11-16(17)19/h4-12,14H,13H2,1-3H3. The van der Waals surface area contributed by atoms with Crippen molar-refractivity contribution in [2.75, 3.05) is 17.6 Å². The molecule has 0 saturated heterocycles. The normalized spacial score (nSPS) is 12.5. The van der Waals surface area contributed by atoms with E-state index < -0.39 is 27.8 Å². The van der Waals surface area contributed by atoms with E-state index >= 15 is 0 Å². The summed E-state index contributed by atoms with van der Waals surface area (Å²) in [5.74, 6) is -1.11. The van der Waals surface area contributed by atoms with E-state index in [1.54, 1.807) is 7.05 Å². The van der Waals surface area contributed by atoms with E-state index in [2.05, 4.69) is 0 Å². The average Bonchev–Trinajstić information content (AvgIpc) is 2.55. The molecule has 0 bridgehead atoms. The number of rotatable bonds is 6. The number of anilines is 1. The molecule has 0 aliphatic heterocycles. The number of benzene rings is 2. The molecule has 7 heteroatoms. The van der Waals surface area contributed by atoms with Crippen LogP contribution in [0.15, 0.2) is 54.6 Å². The van der Waals surface area contributed by atoms with E-state index in [1.165, 1.54) is 36.1 Å². The van der Waals surface area contributed by atoms with Crippen LogP contribution in [-0.4, -0.2) is 38.6 Å². The van der Waals surface area contributed by atoms with Gasteiger partial charge in [0.15, 0.2) is 0 Å². The molecule has 1 atom stereocenters. The Hall–Kier alpha value is -2.41. The van der Waals surface area contributed by atoms with Gasteiger partial charge in [-0.1, -0.05) is 42.5 Å². The van der Waals surface area contributed by atoms with E-state index in [1.807, 2.05) is 30.3 Å². The minimum absolute atomic E-state index is 0.140. The van der Waals surface area contributed by atoms with Gasteiger partial charge in [-0.25, -0.2) is 12.8 Å². The molecule has 25 heavy (non-hydrogen) atoms. The lowest BCUT2D eigenvalue weighted by atomic mass is 10.2. The first kappa shape index (κ1) is 18.9. The van der Waals surface area contributed by atoms with Gasteiger partial charge in [0.1, 0.15) is 11.9 Å². The van der Waals surface area contributed by atoms with Crippen LogP contribution in [0.4, 0.5) is 10.1 Å². The first-order valence-electron chi connectivity index (χ1n) is 7.74.